The van der Waals surface area contributed by atoms with E-state index in [9.17, 15) is 4.79 Å². The van der Waals surface area contributed by atoms with Crippen LogP contribution in [0.4, 0.5) is 0 Å². The smallest absolute Gasteiger partial charge is 0.259 e. The van der Waals surface area contributed by atoms with Crippen molar-refractivity contribution in [2.45, 2.75) is 46.1 Å². The SMILES string of the molecule is Cc1ccc(OCCN(C)C(C)c2nc3sc4c(c3c(=O)[nH]2)CCC(C)C4)cc1. The summed E-state index contributed by atoms with van der Waals surface area (Å²) < 4.78 is 5.84. The van der Waals surface area contributed by atoms with Crippen molar-refractivity contribution in [1.82, 2.24) is 14.9 Å². The first-order chi connectivity index (χ1) is 13.9. The second-order valence-electron chi connectivity index (χ2n) is 8.30. The molecule has 0 radical (unpaired) electrons. The highest BCUT2D eigenvalue weighted by Crippen LogP contribution is 2.36. The average Bonchev–Trinajstić information content (AvgIpc) is 3.06. The summed E-state index contributed by atoms with van der Waals surface area (Å²) in [5.41, 5.74) is 2.46. The fourth-order valence-corrected chi connectivity index (χ4v) is 5.30. The summed E-state index contributed by atoms with van der Waals surface area (Å²) in [4.78, 5) is 25.1. The zero-order valence-electron chi connectivity index (χ0n) is 17.6. The van der Waals surface area contributed by atoms with E-state index in [1.165, 1.54) is 16.0 Å². The summed E-state index contributed by atoms with van der Waals surface area (Å²) in [7, 11) is 2.04. The zero-order chi connectivity index (χ0) is 20.5. The predicted octanol–water partition coefficient (Wildman–Crippen LogP) is 4.49. The molecule has 1 N–H and O–H groups in total. The number of rotatable bonds is 6. The first kappa shape index (κ1) is 20.1. The van der Waals surface area contributed by atoms with Crippen molar-refractivity contribution in [2.75, 3.05) is 20.2 Å². The quantitative estimate of drug-likeness (QED) is 0.649. The molecule has 0 fully saturated rings. The standard InChI is InChI=1S/C23H29N3O2S/c1-14-5-8-17(9-6-14)28-12-11-26(4)16(3)21-24-22(27)20-18-10-7-15(2)13-19(18)29-23(20)25-21/h5-6,8-9,15-16H,7,10-13H2,1-4H3,(H,24,25,27). The van der Waals surface area contributed by atoms with Crippen LogP contribution in [0.1, 0.15) is 48.1 Å². The van der Waals surface area contributed by atoms with Gasteiger partial charge in [-0.2, -0.15) is 0 Å². The second-order valence-corrected chi connectivity index (χ2v) is 9.38. The lowest BCUT2D eigenvalue weighted by atomic mass is 9.89. The van der Waals surface area contributed by atoms with Crippen LogP contribution in [0.3, 0.4) is 0 Å². The molecule has 1 aliphatic carbocycles. The number of hydrogen-bond donors (Lipinski definition) is 1. The van der Waals surface area contributed by atoms with Gasteiger partial charge in [0.05, 0.1) is 11.4 Å². The van der Waals surface area contributed by atoms with Gasteiger partial charge >= 0.3 is 0 Å². The van der Waals surface area contributed by atoms with Crippen LogP contribution >= 0.6 is 11.3 Å². The van der Waals surface area contributed by atoms with Crippen molar-refractivity contribution in [1.29, 1.82) is 0 Å². The highest BCUT2D eigenvalue weighted by molar-refractivity contribution is 7.18. The van der Waals surface area contributed by atoms with Crippen LogP contribution in [0.5, 0.6) is 5.75 Å². The largest absolute Gasteiger partial charge is 0.492 e. The Labute approximate surface area is 175 Å². The molecular formula is C23H29N3O2S. The number of aromatic amines is 1. The van der Waals surface area contributed by atoms with Crippen molar-refractivity contribution in [3.63, 3.8) is 0 Å². The number of likely N-dealkylation sites (N-methyl/N-ethyl adjacent to an activating group) is 1. The topological polar surface area (TPSA) is 58.2 Å². The molecule has 0 saturated heterocycles. The van der Waals surface area contributed by atoms with Gasteiger partial charge in [-0.3, -0.25) is 9.69 Å². The van der Waals surface area contributed by atoms with Crippen LogP contribution in [-0.2, 0) is 12.8 Å². The van der Waals surface area contributed by atoms with Gasteiger partial charge in [0, 0.05) is 11.4 Å². The minimum atomic E-state index is 0.00627. The van der Waals surface area contributed by atoms with Crippen LogP contribution in [0.25, 0.3) is 10.2 Å². The van der Waals surface area contributed by atoms with Gasteiger partial charge in [0.1, 0.15) is 23.0 Å². The number of ether oxygens (including phenoxy) is 1. The molecule has 0 bridgehead atoms. The van der Waals surface area contributed by atoms with Gasteiger partial charge in [-0.15, -0.1) is 11.3 Å². The number of aromatic nitrogens is 2. The molecule has 1 aromatic carbocycles. The Morgan fingerprint density at radius 1 is 1.34 bits per heavy atom. The monoisotopic (exact) mass is 411 g/mol. The summed E-state index contributed by atoms with van der Waals surface area (Å²) in [6, 6.07) is 8.09. The molecule has 2 atom stereocenters. The molecule has 5 nitrogen and oxygen atoms in total. The lowest BCUT2D eigenvalue weighted by Gasteiger charge is -2.23. The van der Waals surface area contributed by atoms with Gasteiger partial charge in [-0.25, -0.2) is 4.98 Å². The number of hydrogen-bond acceptors (Lipinski definition) is 5. The van der Waals surface area contributed by atoms with E-state index < -0.39 is 0 Å². The molecule has 2 heterocycles. The van der Waals surface area contributed by atoms with Crippen LogP contribution in [0, 0.1) is 12.8 Å². The second kappa shape index (κ2) is 8.28. The highest BCUT2D eigenvalue weighted by atomic mass is 32.1. The van der Waals surface area contributed by atoms with Crippen molar-refractivity contribution in [3.05, 3.63) is 56.4 Å². The first-order valence-electron chi connectivity index (χ1n) is 10.4. The van der Waals surface area contributed by atoms with Gasteiger partial charge in [0.25, 0.3) is 5.56 Å². The summed E-state index contributed by atoms with van der Waals surface area (Å²) >= 11 is 1.70. The van der Waals surface area contributed by atoms with E-state index >= 15 is 0 Å². The van der Waals surface area contributed by atoms with Gasteiger partial charge in [-0.05, 0) is 63.8 Å². The molecule has 3 aromatic rings. The maximum Gasteiger partial charge on any atom is 0.259 e. The van der Waals surface area contributed by atoms with Crippen LogP contribution in [0.2, 0.25) is 0 Å². The Hall–Kier alpha value is -2.18. The molecule has 29 heavy (non-hydrogen) atoms. The molecule has 0 aliphatic heterocycles. The third-order valence-corrected chi connectivity index (χ3v) is 7.12. The van der Waals surface area contributed by atoms with Crippen molar-refractivity contribution < 1.29 is 4.74 Å². The molecule has 6 heteroatoms. The lowest BCUT2D eigenvalue weighted by Crippen LogP contribution is -2.29. The van der Waals surface area contributed by atoms with E-state index in [-0.39, 0.29) is 11.6 Å². The van der Waals surface area contributed by atoms with Gasteiger partial charge < -0.3 is 9.72 Å². The molecule has 0 amide bonds. The van der Waals surface area contributed by atoms with E-state index in [2.05, 4.69) is 30.7 Å². The number of aryl methyl sites for hydroxylation is 2. The van der Waals surface area contributed by atoms with E-state index in [0.717, 1.165) is 47.6 Å². The maximum atomic E-state index is 12.8. The molecule has 4 rings (SSSR count). The number of benzene rings is 1. The Kier molecular flexibility index (Phi) is 5.74. The highest BCUT2D eigenvalue weighted by Gasteiger charge is 2.24. The number of thiophene rings is 1. The fourth-order valence-electron chi connectivity index (χ4n) is 3.91. The summed E-state index contributed by atoms with van der Waals surface area (Å²) in [5.74, 6) is 2.29. The molecule has 2 aromatic heterocycles. The molecule has 154 valence electrons. The Morgan fingerprint density at radius 2 is 2.10 bits per heavy atom. The fraction of sp³-hybridized carbons (Fsp3) is 0.478. The third kappa shape index (κ3) is 4.23. The molecule has 2 unspecified atom stereocenters. The Bertz CT molecular complexity index is 1050. The van der Waals surface area contributed by atoms with Gasteiger partial charge in [-0.1, -0.05) is 24.6 Å². The zero-order valence-corrected chi connectivity index (χ0v) is 18.4. The predicted molar refractivity (Wildman–Crippen MR) is 119 cm³/mol. The minimum Gasteiger partial charge on any atom is -0.492 e. The Morgan fingerprint density at radius 3 is 2.86 bits per heavy atom. The van der Waals surface area contributed by atoms with E-state index in [0.29, 0.717) is 12.5 Å². The summed E-state index contributed by atoms with van der Waals surface area (Å²) in [6.45, 7) is 7.75. The third-order valence-electron chi connectivity index (χ3n) is 5.97. The van der Waals surface area contributed by atoms with E-state index in [1.807, 2.05) is 31.3 Å². The molecule has 0 spiro atoms. The van der Waals surface area contributed by atoms with Gasteiger partial charge in [0.2, 0.25) is 0 Å². The minimum absolute atomic E-state index is 0.00627. The van der Waals surface area contributed by atoms with Crippen LogP contribution < -0.4 is 10.3 Å². The lowest BCUT2D eigenvalue weighted by molar-refractivity contribution is 0.196. The van der Waals surface area contributed by atoms with Crippen molar-refractivity contribution >= 4 is 21.6 Å². The number of nitrogens with zero attached hydrogens (tertiary/aromatic N) is 2. The van der Waals surface area contributed by atoms with Crippen LogP contribution in [0.15, 0.2) is 29.1 Å². The normalized spacial score (nSPS) is 17.5. The van der Waals surface area contributed by atoms with E-state index in [4.69, 9.17) is 9.72 Å². The summed E-state index contributed by atoms with van der Waals surface area (Å²) in [5, 5.41) is 0.818. The molecular weight excluding hydrogens is 382 g/mol. The average molecular weight is 412 g/mol. The van der Waals surface area contributed by atoms with Gasteiger partial charge in [0.15, 0.2) is 0 Å². The first-order valence-corrected chi connectivity index (χ1v) is 11.2. The van der Waals surface area contributed by atoms with E-state index in [1.54, 1.807) is 11.3 Å². The maximum absolute atomic E-state index is 12.8. The number of fused-ring (bicyclic) bond motifs is 3. The van der Waals surface area contributed by atoms with Crippen molar-refractivity contribution in [3.8, 4) is 5.75 Å². The summed E-state index contributed by atoms with van der Waals surface area (Å²) in [6.07, 6.45) is 3.21. The Balaban J connectivity index is 1.47. The molecule has 0 saturated carbocycles. The van der Waals surface area contributed by atoms with Crippen LogP contribution in [-0.4, -0.2) is 35.1 Å². The molecule has 1 aliphatic rings. The number of H-pyrrole nitrogens is 1. The number of nitrogens with one attached hydrogen (secondary N) is 1. The van der Waals surface area contributed by atoms with Crippen molar-refractivity contribution in [2.24, 2.45) is 5.92 Å².